The van der Waals surface area contributed by atoms with Crippen LogP contribution in [-0.2, 0) is 13.1 Å². The number of fused-ring (bicyclic) bond motifs is 1. The fraction of sp³-hybridized carbons (Fsp3) is 0.370. The van der Waals surface area contributed by atoms with Crippen molar-refractivity contribution in [1.29, 1.82) is 0 Å². The average Bonchev–Trinajstić information content (AvgIpc) is 3.26. The number of carbonyl (C=O) groups excluding carboxylic acids is 1. The zero-order valence-corrected chi connectivity index (χ0v) is 20.6. The molecule has 2 atom stereocenters. The standard InChI is InChI=1S/C27H33N7O/c1-17-10-18(2)12-23(11-17)30-27-29-14-21-15-33(16-25(21)31-27)24-8-9-34(19(3)13-24)26(35)20-4-6-22(32-28)7-5-20/h4-7,10-12,14,19,24,32H,8-9,13,15-16,28H2,1-3H3,(H,29,30,31)/t19-,24-/m1/s1. The minimum atomic E-state index is 0.0807. The molecule has 1 fully saturated rings. The van der Waals surface area contributed by atoms with E-state index in [9.17, 15) is 4.79 Å². The Kier molecular flexibility index (Phi) is 6.40. The summed E-state index contributed by atoms with van der Waals surface area (Å²) >= 11 is 0. The largest absolute Gasteiger partial charge is 0.336 e. The van der Waals surface area contributed by atoms with E-state index < -0.39 is 0 Å². The lowest BCUT2D eigenvalue weighted by atomic mass is 9.96. The second-order valence-corrected chi connectivity index (χ2v) is 9.82. The fourth-order valence-corrected chi connectivity index (χ4v) is 5.33. The van der Waals surface area contributed by atoms with Crippen molar-refractivity contribution in [2.45, 2.75) is 58.8 Å². The Bertz CT molecular complexity index is 1210. The highest BCUT2D eigenvalue weighted by Gasteiger charge is 2.35. The first-order valence-electron chi connectivity index (χ1n) is 12.2. The molecule has 1 saturated heterocycles. The number of nitrogens with zero attached hydrogens (tertiary/aromatic N) is 4. The number of amides is 1. The molecule has 1 amide bonds. The first kappa shape index (κ1) is 23.3. The summed E-state index contributed by atoms with van der Waals surface area (Å²) in [6.45, 7) is 8.76. The summed E-state index contributed by atoms with van der Waals surface area (Å²) in [5.74, 6) is 6.16. The summed E-state index contributed by atoms with van der Waals surface area (Å²) in [5.41, 5.74) is 9.80. The van der Waals surface area contributed by atoms with Crippen molar-refractivity contribution in [2.24, 2.45) is 5.84 Å². The van der Waals surface area contributed by atoms with Crippen LogP contribution in [0.1, 0.15) is 52.5 Å². The van der Waals surface area contributed by atoms with Crippen LogP contribution in [0.2, 0.25) is 0 Å². The van der Waals surface area contributed by atoms with Gasteiger partial charge in [0.15, 0.2) is 0 Å². The van der Waals surface area contributed by atoms with E-state index in [0.29, 0.717) is 17.6 Å². The number of nitrogens with one attached hydrogen (secondary N) is 2. The number of likely N-dealkylation sites (tertiary alicyclic amines) is 1. The summed E-state index contributed by atoms with van der Waals surface area (Å²) in [5, 5.41) is 3.36. The summed E-state index contributed by atoms with van der Waals surface area (Å²) in [6, 6.07) is 14.3. The van der Waals surface area contributed by atoms with E-state index in [2.05, 4.69) is 59.6 Å². The number of nitrogens with two attached hydrogens (primary N) is 1. The number of aromatic nitrogens is 2. The number of hydrogen-bond donors (Lipinski definition) is 3. The Morgan fingerprint density at radius 2 is 1.80 bits per heavy atom. The molecule has 182 valence electrons. The van der Waals surface area contributed by atoms with Gasteiger partial charge in [0.25, 0.3) is 5.91 Å². The van der Waals surface area contributed by atoms with Gasteiger partial charge in [-0.15, -0.1) is 0 Å². The number of hydrogen-bond acceptors (Lipinski definition) is 7. The summed E-state index contributed by atoms with van der Waals surface area (Å²) in [7, 11) is 0. The van der Waals surface area contributed by atoms with Crippen LogP contribution >= 0.6 is 0 Å². The minimum absolute atomic E-state index is 0.0807. The van der Waals surface area contributed by atoms with Gasteiger partial charge in [-0.1, -0.05) is 6.07 Å². The molecule has 8 nitrogen and oxygen atoms in total. The maximum absolute atomic E-state index is 13.1. The van der Waals surface area contributed by atoms with Gasteiger partial charge in [0.2, 0.25) is 5.95 Å². The van der Waals surface area contributed by atoms with Gasteiger partial charge in [0.1, 0.15) is 0 Å². The van der Waals surface area contributed by atoms with Crippen LogP contribution in [0, 0.1) is 13.8 Å². The Morgan fingerprint density at radius 1 is 1.06 bits per heavy atom. The van der Waals surface area contributed by atoms with Crippen LogP contribution in [0.4, 0.5) is 17.3 Å². The Balaban J connectivity index is 1.21. The smallest absolute Gasteiger partial charge is 0.254 e. The number of rotatable bonds is 5. The topological polar surface area (TPSA) is 99.4 Å². The lowest BCUT2D eigenvalue weighted by Crippen LogP contribution is -2.50. The van der Waals surface area contributed by atoms with Gasteiger partial charge in [0, 0.05) is 60.4 Å². The van der Waals surface area contributed by atoms with Gasteiger partial charge in [-0.05, 0) is 81.1 Å². The van der Waals surface area contributed by atoms with E-state index in [4.69, 9.17) is 10.8 Å². The molecule has 3 aromatic rings. The number of carbonyl (C=O) groups is 1. The number of nitrogen functional groups attached to an aromatic ring is 1. The van der Waals surface area contributed by atoms with Crippen LogP contribution in [0.5, 0.6) is 0 Å². The predicted molar refractivity (Wildman–Crippen MR) is 138 cm³/mol. The van der Waals surface area contributed by atoms with Gasteiger partial charge in [0.05, 0.1) is 5.69 Å². The third kappa shape index (κ3) is 4.99. The zero-order valence-electron chi connectivity index (χ0n) is 20.6. The van der Waals surface area contributed by atoms with Crippen molar-refractivity contribution < 1.29 is 4.79 Å². The summed E-state index contributed by atoms with van der Waals surface area (Å²) < 4.78 is 0. The first-order valence-corrected chi connectivity index (χ1v) is 12.2. The molecule has 2 aliphatic heterocycles. The van der Waals surface area contributed by atoms with Crippen molar-refractivity contribution in [2.75, 3.05) is 17.3 Å². The van der Waals surface area contributed by atoms with Gasteiger partial charge in [-0.2, -0.15) is 0 Å². The van der Waals surface area contributed by atoms with Crippen LogP contribution in [0.3, 0.4) is 0 Å². The van der Waals surface area contributed by atoms with E-state index in [1.54, 1.807) is 0 Å². The fourth-order valence-electron chi connectivity index (χ4n) is 5.33. The van der Waals surface area contributed by atoms with Gasteiger partial charge < -0.3 is 15.6 Å². The quantitative estimate of drug-likeness (QED) is 0.380. The van der Waals surface area contributed by atoms with Crippen LogP contribution in [-0.4, -0.2) is 44.3 Å². The van der Waals surface area contributed by atoms with Crippen molar-refractivity contribution in [1.82, 2.24) is 19.8 Å². The molecule has 0 aliphatic carbocycles. The van der Waals surface area contributed by atoms with Crippen LogP contribution < -0.4 is 16.6 Å². The summed E-state index contributed by atoms with van der Waals surface area (Å²) in [6.07, 6.45) is 3.85. The normalized spacial score (nSPS) is 19.9. The second-order valence-electron chi connectivity index (χ2n) is 9.82. The number of aryl methyl sites for hydroxylation is 2. The predicted octanol–water partition coefficient (Wildman–Crippen LogP) is 4.13. The second kappa shape index (κ2) is 9.64. The summed E-state index contributed by atoms with van der Waals surface area (Å²) in [4.78, 5) is 27.0. The lowest BCUT2D eigenvalue weighted by molar-refractivity contribution is 0.0460. The molecular weight excluding hydrogens is 438 g/mol. The molecule has 8 heteroatoms. The van der Waals surface area contributed by atoms with Crippen molar-refractivity contribution in [3.63, 3.8) is 0 Å². The van der Waals surface area contributed by atoms with Crippen LogP contribution in [0.25, 0.3) is 0 Å². The molecule has 4 N–H and O–H groups in total. The Labute approximate surface area is 206 Å². The molecule has 3 heterocycles. The van der Waals surface area contributed by atoms with Crippen LogP contribution in [0.15, 0.2) is 48.7 Å². The number of anilines is 3. The number of benzene rings is 2. The zero-order chi connectivity index (χ0) is 24.5. The first-order chi connectivity index (χ1) is 16.9. The van der Waals surface area contributed by atoms with Crippen molar-refractivity contribution in [3.05, 3.63) is 76.6 Å². The molecule has 0 bridgehead atoms. The third-order valence-corrected chi connectivity index (χ3v) is 7.08. The molecule has 2 aromatic carbocycles. The molecule has 0 unspecified atom stereocenters. The Hall–Kier alpha value is -3.49. The maximum Gasteiger partial charge on any atom is 0.254 e. The van der Waals surface area contributed by atoms with Crippen molar-refractivity contribution in [3.8, 4) is 0 Å². The van der Waals surface area contributed by atoms with E-state index in [1.807, 2.05) is 35.4 Å². The van der Waals surface area contributed by atoms with Gasteiger partial charge in [-0.3, -0.25) is 15.5 Å². The molecule has 0 spiro atoms. The number of piperidine rings is 1. The Morgan fingerprint density at radius 3 is 2.49 bits per heavy atom. The van der Waals surface area contributed by atoms with E-state index in [-0.39, 0.29) is 11.9 Å². The third-order valence-electron chi connectivity index (χ3n) is 7.08. The highest BCUT2D eigenvalue weighted by atomic mass is 16.2. The molecule has 35 heavy (non-hydrogen) atoms. The molecule has 2 aliphatic rings. The highest BCUT2D eigenvalue weighted by molar-refractivity contribution is 5.94. The van der Waals surface area contributed by atoms with Crippen molar-refractivity contribution >= 4 is 23.2 Å². The molecule has 0 saturated carbocycles. The number of hydrazine groups is 1. The molecule has 5 rings (SSSR count). The van der Waals surface area contributed by atoms with E-state index in [0.717, 1.165) is 49.5 Å². The average molecular weight is 472 g/mol. The SMILES string of the molecule is Cc1cc(C)cc(Nc2ncc3c(n2)CN([C@@H]2CCN(C(=O)c4ccc(NN)cc4)[C@H](C)C2)C3)c1. The minimum Gasteiger partial charge on any atom is -0.336 e. The molecule has 1 aromatic heterocycles. The van der Waals surface area contributed by atoms with E-state index in [1.165, 1.54) is 16.7 Å². The van der Waals surface area contributed by atoms with Gasteiger partial charge in [-0.25, -0.2) is 9.97 Å². The van der Waals surface area contributed by atoms with E-state index >= 15 is 0 Å². The highest BCUT2D eigenvalue weighted by Crippen LogP contribution is 2.31. The maximum atomic E-state index is 13.1. The lowest BCUT2D eigenvalue weighted by Gasteiger charge is -2.41. The molecule has 0 radical (unpaired) electrons. The van der Waals surface area contributed by atoms with Gasteiger partial charge >= 0.3 is 0 Å². The molecular formula is C27H33N7O. The monoisotopic (exact) mass is 471 g/mol.